The minimum absolute atomic E-state index is 0.318. The molecule has 0 aliphatic carbocycles. The smallest absolute Gasteiger partial charge is 0.173 e. The van der Waals surface area contributed by atoms with Crippen LogP contribution >= 0.6 is 12.2 Å². The number of benzene rings is 2. The highest BCUT2D eigenvalue weighted by Crippen LogP contribution is 2.17. The Bertz CT molecular complexity index is 596. The van der Waals surface area contributed by atoms with E-state index in [2.05, 4.69) is 36.2 Å². The Morgan fingerprint density at radius 3 is 2.27 bits per heavy atom. The van der Waals surface area contributed by atoms with Gasteiger partial charge in [0.25, 0.3) is 0 Å². The Labute approximate surface area is 137 Å². The van der Waals surface area contributed by atoms with E-state index in [1.807, 2.05) is 42.5 Å². The lowest BCUT2D eigenvalue weighted by molar-refractivity contribution is 0.348. The highest BCUT2D eigenvalue weighted by Gasteiger charge is 2.14. The number of thiocarbonyl (C=S) groups is 1. The van der Waals surface area contributed by atoms with Gasteiger partial charge in [-0.2, -0.15) is 0 Å². The van der Waals surface area contributed by atoms with E-state index in [4.69, 9.17) is 17.0 Å². The van der Waals surface area contributed by atoms with E-state index >= 15 is 0 Å². The normalized spacial score (nSPS) is 10.4. The number of nitrogens with one attached hydrogen (secondary N) is 1. The molecule has 0 saturated carbocycles. The summed E-state index contributed by atoms with van der Waals surface area (Å²) in [6.07, 6.45) is 0. The number of nitrogens with zero attached hydrogens (tertiary/aromatic N) is 1. The summed E-state index contributed by atoms with van der Waals surface area (Å²) in [4.78, 5) is 2.18. The molecular weight excluding hydrogens is 292 g/mol. The molecule has 1 N–H and O–H groups in total. The molecule has 0 saturated heterocycles. The number of methoxy groups -OCH3 is 1. The molecule has 2 aromatic rings. The molecule has 2 aromatic carbocycles. The number of anilines is 1. The third-order valence-electron chi connectivity index (χ3n) is 3.42. The van der Waals surface area contributed by atoms with E-state index in [0.717, 1.165) is 23.1 Å². The summed E-state index contributed by atoms with van der Waals surface area (Å²) >= 11 is 5.58. The van der Waals surface area contributed by atoms with Gasteiger partial charge in [0, 0.05) is 18.3 Å². The summed E-state index contributed by atoms with van der Waals surface area (Å²) in [5.41, 5.74) is 2.21. The topological polar surface area (TPSA) is 24.5 Å². The lowest BCUT2D eigenvalue weighted by Gasteiger charge is -2.30. The first kappa shape index (κ1) is 16.3. The largest absolute Gasteiger partial charge is 0.497 e. The molecule has 0 radical (unpaired) electrons. The minimum Gasteiger partial charge on any atom is -0.497 e. The number of hydrogen-bond donors (Lipinski definition) is 1. The van der Waals surface area contributed by atoms with Crippen molar-refractivity contribution >= 4 is 23.0 Å². The fraction of sp³-hybridized carbons (Fsp3) is 0.278. The summed E-state index contributed by atoms with van der Waals surface area (Å²) < 4.78 is 5.17. The van der Waals surface area contributed by atoms with Gasteiger partial charge in [0.15, 0.2) is 5.11 Å². The molecule has 116 valence electrons. The van der Waals surface area contributed by atoms with E-state index in [9.17, 15) is 0 Å². The van der Waals surface area contributed by atoms with Crippen LogP contribution in [0.4, 0.5) is 5.69 Å². The molecule has 22 heavy (non-hydrogen) atoms. The Balaban J connectivity index is 2.05. The van der Waals surface area contributed by atoms with Crippen molar-refractivity contribution < 1.29 is 4.74 Å². The average Bonchev–Trinajstić information content (AvgIpc) is 2.54. The SMILES string of the molecule is COc1ccc(NC(=S)N(Cc2ccccc2)C(C)C)cc1. The van der Waals surface area contributed by atoms with Crippen molar-refractivity contribution in [2.75, 3.05) is 12.4 Å². The zero-order valence-electron chi connectivity index (χ0n) is 13.2. The molecule has 4 heteroatoms. The van der Waals surface area contributed by atoms with Crippen LogP contribution in [-0.2, 0) is 6.54 Å². The molecule has 0 aromatic heterocycles. The summed E-state index contributed by atoms with van der Waals surface area (Å²) in [5, 5.41) is 4.02. The van der Waals surface area contributed by atoms with Crippen LogP contribution < -0.4 is 10.1 Å². The molecule has 0 atom stereocenters. The molecule has 0 fully saturated rings. The van der Waals surface area contributed by atoms with Gasteiger partial charge in [0.05, 0.1) is 7.11 Å². The number of rotatable bonds is 5. The van der Waals surface area contributed by atoms with Crippen molar-refractivity contribution in [1.82, 2.24) is 4.90 Å². The lowest BCUT2D eigenvalue weighted by atomic mass is 10.2. The van der Waals surface area contributed by atoms with Gasteiger partial charge in [-0.15, -0.1) is 0 Å². The lowest BCUT2D eigenvalue weighted by Crippen LogP contribution is -2.39. The van der Waals surface area contributed by atoms with Crippen LogP contribution in [0.2, 0.25) is 0 Å². The first-order valence-electron chi connectivity index (χ1n) is 7.35. The van der Waals surface area contributed by atoms with Gasteiger partial charge in [-0.3, -0.25) is 0 Å². The van der Waals surface area contributed by atoms with Gasteiger partial charge >= 0.3 is 0 Å². The van der Waals surface area contributed by atoms with Crippen LogP contribution in [0.15, 0.2) is 54.6 Å². The quantitative estimate of drug-likeness (QED) is 0.832. The van der Waals surface area contributed by atoms with Crippen molar-refractivity contribution in [3.8, 4) is 5.75 Å². The third kappa shape index (κ3) is 4.46. The van der Waals surface area contributed by atoms with E-state index in [1.54, 1.807) is 7.11 Å². The van der Waals surface area contributed by atoms with Gasteiger partial charge in [-0.05, 0) is 55.9 Å². The maximum absolute atomic E-state index is 5.58. The molecule has 0 unspecified atom stereocenters. The minimum atomic E-state index is 0.318. The standard InChI is InChI=1S/C18H22N2OS/c1-14(2)20(13-15-7-5-4-6-8-15)18(22)19-16-9-11-17(21-3)12-10-16/h4-12,14H,13H2,1-3H3,(H,19,22). The van der Waals surface area contributed by atoms with Crippen molar-refractivity contribution in [2.45, 2.75) is 26.4 Å². The van der Waals surface area contributed by atoms with Crippen LogP contribution in [0.5, 0.6) is 5.75 Å². The van der Waals surface area contributed by atoms with Gasteiger partial charge in [0.1, 0.15) is 5.75 Å². The highest BCUT2D eigenvalue weighted by molar-refractivity contribution is 7.80. The van der Waals surface area contributed by atoms with E-state index in [0.29, 0.717) is 6.04 Å². The van der Waals surface area contributed by atoms with Crippen molar-refractivity contribution in [1.29, 1.82) is 0 Å². The van der Waals surface area contributed by atoms with Gasteiger partial charge in [-0.1, -0.05) is 30.3 Å². The van der Waals surface area contributed by atoms with Crippen LogP contribution in [0, 0.1) is 0 Å². The van der Waals surface area contributed by atoms with Gasteiger partial charge < -0.3 is 15.0 Å². The fourth-order valence-corrected chi connectivity index (χ4v) is 2.53. The van der Waals surface area contributed by atoms with Crippen molar-refractivity contribution in [3.05, 3.63) is 60.2 Å². The van der Waals surface area contributed by atoms with Crippen LogP contribution in [0.1, 0.15) is 19.4 Å². The van der Waals surface area contributed by atoms with Gasteiger partial charge in [0.2, 0.25) is 0 Å². The van der Waals surface area contributed by atoms with Gasteiger partial charge in [-0.25, -0.2) is 0 Å². The Morgan fingerprint density at radius 1 is 1.09 bits per heavy atom. The maximum Gasteiger partial charge on any atom is 0.173 e. The van der Waals surface area contributed by atoms with E-state index in [-0.39, 0.29) is 0 Å². The first-order chi connectivity index (χ1) is 10.6. The molecule has 3 nitrogen and oxygen atoms in total. The summed E-state index contributed by atoms with van der Waals surface area (Å²) in [5.74, 6) is 0.835. The fourth-order valence-electron chi connectivity index (χ4n) is 2.14. The van der Waals surface area contributed by atoms with Crippen LogP contribution in [0.25, 0.3) is 0 Å². The molecule has 0 aliphatic rings. The highest BCUT2D eigenvalue weighted by atomic mass is 32.1. The average molecular weight is 314 g/mol. The predicted octanol–water partition coefficient (Wildman–Crippen LogP) is 4.30. The molecule has 0 heterocycles. The predicted molar refractivity (Wildman–Crippen MR) is 96.3 cm³/mol. The molecule has 0 spiro atoms. The first-order valence-corrected chi connectivity index (χ1v) is 7.76. The Kier molecular flexibility index (Phi) is 5.78. The Morgan fingerprint density at radius 2 is 1.73 bits per heavy atom. The number of hydrogen-bond acceptors (Lipinski definition) is 2. The molecular formula is C18H22N2OS. The zero-order valence-corrected chi connectivity index (χ0v) is 14.1. The van der Waals surface area contributed by atoms with Crippen molar-refractivity contribution in [2.24, 2.45) is 0 Å². The van der Waals surface area contributed by atoms with Crippen molar-refractivity contribution in [3.63, 3.8) is 0 Å². The van der Waals surface area contributed by atoms with E-state index < -0.39 is 0 Å². The number of ether oxygens (including phenoxy) is 1. The molecule has 2 rings (SSSR count). The second-order valence-corrected chi connectivity index (χ2v) is 5.75. The maximum atomic E-state index is 5.58. The summed E-state index contributed by atoms with van der Waals surface area (Å²) in [6, 6.07) is 18.4. The Hall–Kier alpha value is -2.07. The van der Waals surface area contributed by atoms with E-state index in [1.165, 1.54) is 5.56 Å². The second kappa shape index (κ2) is 7.80. The van der Waals surface area contributed by atoms with Crippen LogP contribution in [-0.4, -0.2) is 23.2 Å². The molecule has 0 bridgehead atoms. The van der Waals surface area contributed by atoms with Crippen LogP contribution in [0.3, 0.4) is 0 Å². The molecule has 0 amide bonds. The second-order valence-electron chi connectivity index (χ2n) is 5.37. The summed E-state index contributed by atoms with van der Waals surface area (Å²) in [6.45, 7) is 5.08. The zero-order chi connectivity index (χ0) is 15.9. The monoisotopic (exact) mass is 314 g/mol. The molecule has 0 aliphatic heterocycles. The third-order valence-corrected chi connectivity index (χ3v) is 3.76. The summed E-state index contributed by atoms with van der Waals surface area (Å²) in [7, 11) is 1.66.